The zero-order chi connectivity index (χ0) is 20.3. The Hall–Kier alpha value is -2.73. The van der Waals surface area contributed by atoms with Gasteiger partial charge in [-0.1, -0.05) is 12.1 Å². The van der Waals surface area contributed by atoms with E-state index >= 15 is 0 Å². The zero-order valence-electron chi connectivity index (χ0n) is 16.1. The van der Waals surface area contributed by atoms with Crippen LogP contribution >= 0.6 is 0 Å². The number of amides is 2. The number of halogens is 1. The van der Waals surface area contributed by atoms with Crippen molar-refractivity contribution in [3.05, 3.63) is 59.4 Å². The predicted molar refractivity (Wildman–Crippen MR) is 107 cm³/mol. The minimum Gasteiger partial charge on any atom is -0.393 e. The highest BCUT2D eigenvalue weighted by Gasteiger charge is 2.25. The van der Waals surface area contributed by atoms with Crippen molar-refractivity contribution in [1.82, 2.24) is 0 Å². The Morgan fingerprint density at radius 2 is 1.89 bits per heavy atom. The third-order valence-corrected chi connectivity index (χ3v) is 5.00. The summed E-state index contributed by atoms with van der Waals surface area (Å²) >= 11 is 0. The number of hydrogen-bond acceptors (Lipinski definition) is 3. The van der Waals surface area contributed by atoms with Crippen LogP contribution in [0.5, 0.6) is 0 Å². The van der Waals surface area contributed by atoms with Crippen molar-refractivity contribution in [3.63, 3.8) is 0 Å². The molecule has 0 fully saturated rings. The molecule has 0 spiro atoms. The SMILES string of the molecule is CC(C(=O)Nc1ccc(F)cc1)c1ccc2c(c1)CCCN2C(=O)C[C@@H](C)O. The number of carbonyl (C=O) groups is 2. The van der Waals surface area contributed by atoms with Crippen LogP contribution in [0.2, 0.25) is 0 Å². The van der Waals surface area contributed by atoms with E-state index in [4.69, 9.17) is 0 Å². The zero-order valence-corrected chi connectivity index (χ0v) is 16.1. The highest BCUT2D eigenvalue weighted by molar-refractivity contribution is 5.97. The second-order valence-corrected chi connectivity index (χ2v) is 7.31. The molecule has 0 aromatic heterocycles. The predicted octanol–water partition coefficient (Wildman–Crippen LogP) is 3.62. The van der Waals surface area contributed by atoms with Crippen LogP contribution in [-0.4, -0.2) is 29.6 Å². The molecule has 1 heterocycles. The number of nitrogens with one attached hydrogen (secondary N) is 1. The maximum Gasteiger partial charge on any atom is 0.231 e. The van der Waals surface area contributed by atoms with Crippen LogP contribution in [0.25, 0.3) is 0 Å². The van der Waals surface area contributed by atoms with Gasteiger partial charge in [0.15, 0.2) is 0 Å². The van der Waals surface area contributed by atoms with E-state index in [2.05, 4.69) is 5.32 Å². The summed E-state index contributed by atoms with van der Waals surface area (Å²) in [6.07, 6.45) is 1.11. The van der Waals surface area contributed by atoms with Crippen LogP contribution in [0.15, 0.2) is 42.5 Å². The monoisotopic (exact) mass is 384 g/mol. The molecule has 0 saturated carbocycles. The molecule has 0 saturated heterocycles. The Kier molecular flexibility index (Phi) is 6.09. The molecule has 28 heavy (non-hydrogen) atoms. The van der Waals surface area contributed by atoms with Gasteiger partial charge in [0.05, 0.1) is 18.4 Å². The lowest BCUT2D eigenvalue weighted by atomic mass is 9.93. The number of hydrogen-bond donors (Lipinski definition) is 2. The molecule has 2 amide bonds. The Balaban J connectivity index is 1.75. The molecule has 1 aliphatic heterocycles. The number of aliphatic hydroxyl groups excluding tert-OH is 1. The van der Waals surface area contributed by atoms with Gasteiger partial charge < -0.3 is 15.3 Å². The van der Waals surface area contributed by atoms with E-state index in [1.807, 2.05) is 25.1 Å². The molecule has 0 radical (unpaired) electrons. The molecular formula is C22H25FN2O3. The lowest BCUT2D eigenvalue weighted by molar-refractivity contribution is -0.120. The molecule has 0 aliphatic carbocycles. The fourth-order valence-corrected chi connectivity index (χ4v) is 3.44. The highest BCUT2D eigenvalue weighted by atomic mass is 19.1. The fraction of sp³-hybridized carbons (Fsp3) is 0.364. The summed E-state index contributed by atoms with van der Waals surface area (Å²) in [7, 11) is 0. The quantitative estimate of drug-likeness (QED) is 0.827. The van der Waals surface area contributed by atoms with E-state index in [1.54, 1.807) is 11.8 Å². The Bertz CT molecular complexity index is 865. The first kappa shape index (κ1) is 20.0. The average molecular weight is 384 g/mol. The molecule has 2 N–H and O–H groups in total. The standard InChI is InChI=1S/C22H25FN2O3/c1-14(26)12-21(27)25-11-3-4-17-13-16(5-10-20(17)25)15(2)22(28)24-19-8-6-18(23)7-9-19/h5-10,13-15,26H,3-4,11-12H2,1-2H3,(H,24,28)/t14-,15?/m1/s1. The van der Waals surface area contributed by atoms with Gasteiger partial charge in [0.2, 0.25) is 11.8 Å². The van der Waals surface area contributed by atoms with E-state index < -0.39 is 6.10 Å². The van der Waals surface area contributed by atoms with Crippen molar-refractivity contribution in [2.24, 2.45) is 0 Å². The normalized spacial score (nSPS) is 15.5. The number of aryl methyl sites for hydroxylation is 1. The fourth-order valence-electron chi connectivity index (χ4n) is 3.44. The molecule has 148 valence electrons. The number of fused-ring (bicyclic) bond motifs is 1. The van der Waals surface area contributed by atoms with Crippen LogP contribution in [0.3, 0.4) is 0 Å². The van der Waals surface area contributed by atoms with Gasteiger partial charge in [0.25, 0.3) is 0 Å². The van der Waals surface area contributed by atoms with E-state index in [9.17, 15) is 19.1 Å². The molecule has 2 atom stereocenters. The molecule has 1 unspecified atom stereocenters. The van der Waals surface area contributed by atoms with Crippen molar-refractivity contribution >= 4 is 23.2 Å². The van der Waals surface area contributed by atoms with Crippen LogP contribution in [0.4, 0.5) is 15.8 Å². The number of aliphatic hydroxyl groups is 1. The molecule has 6 heteroatoms. The highest BCUT2D eigenvalue weighted by Crippen LogP contribution is 2.31. The summed E-state index contributed by atoms with van der Waals surface area (Å²) in [6.45, 7) is 4.06. The number of carbonyl (C=O) groups excluding carboxylic acids is 2. The van der Waals surface area contributed by atoms with Crippen LogP contribution in [0, 0.1) is 5.82 Å². The average Bonchev–Trinajstić information content (AvgIpc) is 2.67. The minimum atomic E-state index is -0.674. The summed E-state index contributed by atoms with van der Waals surface area (Å²) in [6, 6.07) is 11.4. The molecular weight excluding hydrogens is 359 g/mol. The largest absolute Gasteiger partial charge is 0.393 e. The Morgan fingerprint density at radius 3 is 2.57 bits per heavy atom. The maximum absolute atomic E-state index is 13.0. The molecule has 3 rings (SSSR count). The van der Waals surface area contributed by atoms with Crippen molar-refractivity contribution in [3.8, 4) is 0 Å². The lowest BCUT2D eigenvalue weighted by Crippen LogP contribution is -2.37. The molecule has 0 bridgehead atoms. The first-order valence-corrected chi connectivity index (χ1v) is 9.53. The van der Waals surface area contributed by atoms with Crippen LogP contribution in [0.1, 0.15) is 43.7 Å². The number of rotatable bonds is 5. The summed E-state index contributed by atoms with van der Waals surface area (Å²) in [4.78, 5) is 26.7. The lowest BCUT2D eigenvalue weighted by Gasteiger charge is -2.30. The molecule has 1 aliphatic rings. The van der Waals surface area contributed by atoms with Gasteiger partial charge in [-0.15, -0.1) is 0 Å². The smallest absolute Gasteiger partial charge is 0.231 e. The van der Waals surface area contributed by atoms with E-state index in [-0.39, 0.29) is 30.0 Å². The Morgan fingerprint density at radius 1 is 1.18 bits per heavy atom. The van der Waals surface area contributed by atoms with Crippen molar-refractivity contribution in [2.45, 2.75) is 45.1 Å². The van der Waals surface area contributed by atoms with Crippen molar-refractivity contribution in [2.75, 3.05) is 16.8 Å². The second kappa shape index (κ2) is 8.52. The summed E-state index contributed by atoms with van der Waals surface area (Å²) in [5.41, 5.74) is 3.30. The van der Waals surface area contributed by atoms with Crippen molar-refractivity contribution < 1.29 is 19.1 Å². The van der Waals surface area contributed by atoms with Crippen LogP contribution < -0.4 is 10.2 Å². The molecule has 5 nitrogen and oxygen atoms in total. The Labute approximate surface area is 164 Å². The van der Waals surface area contributed by atoms with Crippen molar-refractivity contribution in [1.29, 1.82) is 0 Å². The number of nitrogens with zero attached hydrogens (tertiary/aromatic N) is 1. The first-order valence-electron chi connectivity index (χ1n) is 9.53. The second-order valence-electron chi connectivity index (χ2n) is 7.31. The number of anilines is 2. The topological polar surface area (TPSA) is 69.6 Å². The van der Waals surface area contributed by atoms with E-state index in [1.165, 1.54) is 24.3 Å². The van der Waals surface area contributed by atoms with Gasteiger partial charge in [0.1, 0.15) is 5.82 Å². The summed E-state index contributed by atoms with van der Waals surface area (Å²) in [5.74, 6) is -1.01. The minimum absolute atomic E-state index is 0.0919. The van der Waals surface area contributed by atoms with Gasteiger partial charge in [-0.2, -0.15) is 0 Å². The summed E-state index contributed by atoms with van der Waals surface area (Å²) < 4.78 is 13.0. The number of benzene rings is 2. The third-order valence-electron chi connectivity index (χ3n) is 5.00. The third kappa shape index (κ3) is 4.57. The first-order chi connectivity index (χ1) is 13.3. The van der Waals surface area contributed by atoms with Gasteiger partial charge in [-0.3, -0.25) is 9.59 Å². The van der Waals surface area contributed by atoms with Gasteiger partial charge in [-0.05, 0) is 68.1 Å². The van der Waals surface area contributed by atoms with E-state index in [0.717, 1.165) is 29.7 Å². The maximum atomic E-state index is 13.0. The summed E-state index contributed by atoms with van der Waals surface area (Å²) in [5, 5.41) is 12.3. The van der Waals surface area contributed by atoms with Gasteiger partial charge in [0, 0.05) is 17.9 Å². The van der Waals surface area contributed by atoms with Gasteiger partial charge >= 0.3 is 0 Å². The molecule has 2 aromatic rings. The van der Waals surface area contributed by atoms with Crippen LogP contribution in [-0.2, 0) is 16.0 Å². The van der Waals surface area contributed by atoms with Gasteiger partial charge in [-0.25, -0.2) is 4.39 Å². The van der Waals surface area contributed by atoms with E-state index in [0.29, 0.717) is 12.2 Å². The molecule has 2 aromatic carbocycles.